The minimum atomic E-state index is -0.987. The molecule has 0 radical (unpaired) electrons. The van der Waals surface area contributed by atoms with Crippen LogP contribution in [0.25, 0.3) is 0 Å². The maximum absolute atomic E-state index is 12.4. The number of hydrogen-bond acceptors (Lipinski definition) is 3. The molecule has 0 saturated carbocycles. The third kappa shape index (κ3) is 3.54. The third-order valence-corrected chi connectivity index (χ3v) is 3.46. The summed E-state index contributed by atoms with van der Waals surface area (Å²) in [5.41, 5.74) is 0.288. The molecule has 1 aliphatic rings. The number of rotatable bonds is 2. The highest BCUT2D eigenvalue weighted by atomic mass is 16.6. The lowest BCUT2D eigenvalue weighted by Crippen LogP contribution is -2.44. The molecule has 1 amide bonds. The first-order valence-corrected chi connectivity index (χ1v) is 7.08. The van der Waals surface area contributed by atoms with E-state index in [0.29, 0.717) is 12.8 Å². The topological polar surface area (TPSA) is 66.8 Å². The second kappa shape index (κ2) is 5.76. The molecule has 1 fully saturated rings. The molecule has 5 heteroatoms. The average Bonchev–Trinajstić information content (AvgIpc) is 2.82. The largest absolute Gasteiger partial charge is 0.480 e. The fraction of sp³-hybridized carbons (Fsp3) is 0.500. The number of carboxylic acid groups (broad SMARTS) is 1. The molecule has 0 unspecified atom stereocenters. The molecule has 0 aromatic heterocycles. The number of amides is 1. The Hall–Kier alpha value is -2.04. The van der Waals surface area contributed by atoms with Crippen molar-refractivity contribution in [1.82, 2.24) is 4.90 Å². The number of carbonyl (C=O) groups excluding carboxylic acids is 1. The zero-order valence-electron chi connectivity index (χ0n) is 12.6. The van der Waals surface area contributed by atoms with Crippen molar-refractivity contribution in [3.63, 3.8) is 0 Å². The quantitative estimate of drug-likeness (QED) is 0.908. The highest BCUT2D eigenvalue weighted by Gasteiger charge is 2.43. The van der Waals surface area contributed by atoms with Crippen LogP contribution in [-0.4, -0.2) is 33.7 Å². The van der Waals surface area contributed by atoms with E-state index in [1.165, 1.54) is 4.90 Å². The second-order valence-electron chi connectivity index (χ2n) is 6.25. The summed E-state index contributed by atoms with van der Waals surface area (Å²) in [6.07, 6.45) is 0.496. The van der Waals surface area contributed by atoms with E-state index in [-0.39, 0.29) is 6.04 Å². The molecule has 1 aromatic carbocycles. The molecule has 1 saturated heterocycles. The van der Waals surface area contributed by atoms with Gasteiger partial charge in [-0.3, -0.25) is 4.90 Å². The summed E-state index contributed by atoms with van der Waals surface area (Å²) in [5, 5.41) is 9.35. The molecule has 2 rings (SSSR count). The van der Waals surface area contributed by atoms with Crippen LogP contribution in [-0.2, 0) is 9.53 Å². The van der Waals surface area contributed by atoms with Crippen LogP contribution in [0.15, 0.2) is 30.3 Å². The van der Waals surface area contributed by atoms with Gasteiger partial charge in [-0.1, -0.05) is 30.3 Å². The van der Waals surface area contributed by atoms with Gasteiger partial charge >= 0.3 is 12.1 Å². The molecule has 1 N–H and O–H groups in total. The number of carbonyl (C=O) groups is 2. The minimum Gasteiger partial charge on any atom is -0.480 e. The summed E-state index contributed by atoms with van der Waals surface area (Å²) in [5.74, 6) is -0.987. The van der Waals surface area contributed by atoms with E-state index in [1.807, 2.05) is 30.3 Å². The molecular weight excluding hydrogens is 270 g/mol. The van der Waals surface area contributed by atoms with Crippen molar-refractivity contribution in [2.45, 2.75) is 51.3 Å². The van der Waals surface area contributed by atoms with Gasteiger partial charge in [0, 0.05) is 0 Å². The van der Waals surface area contributed by atoms with Gasteiger partial charge in [0.1, 0.15) is 11.6 Å². The molecular formula is C16H21NO4. The molecule has 0 spiro atoms. The SMILES string of the molecule is CC(C)(C)OC(=O)N1[C@@H](C(=O)O)CC[C@H]1c1ccccc1. The van der Waals surface area contributed by atoms with Crippen LogP contribution in [0.3, 0.4) is 0 Å². The Morgan fingerprint density at radius 1 is 1.19 bits per heavy atom. The van der Waals surface area contributed by atoms with Crippen LogP contribution in [0.4, 0.5) is 4.79 Å². The first kappa shape index (κ1) is 15.4. The third-order valence-electron chi connectivity index (χ3n) is 3.46. The van der Waals surface area contributed by atoms with Gasteiger partial charge in [-0.05, 0) is 39.2 Å². The summed E-state index contributed by atoms with van der Waals surface area (Å²) in [4.78, 5) is 25.2. The minimum absolute atomic E-state index is 0.248. The number of carboxylic acids is 1. The fourth-order valence-electron chi connectivity index (χ4n) is 2.63. The van der Waals surface area contributed by atoms with Crippen LogP contribution in [0.5, 0.6) is 0 Å². The Bertz CT molecular complexity index is 521. The predicted molar refractivity (Wildman–Crippen MR) is 77.9 cm³/mol. The van der Waals surface area contributed by atoms with E-state index >= 15 is 0 Å². The molecule has 1 aliphatic heterocycles. The molecule has 2 atom stereocenters. The van der Waals surface area contributed by atoms with Gasteiger partial charge < -0.3 is 9.84 Å². The van der Waals surface area contributed by atoms with E-state index in [9.17, 15) is 14.7 Å². The van der Waals surface area contributed by atoms with Crippen LogP contribution in [0.2, 0.25) is 0 Å². The van der Waals surface area contributed by atoms with Gasteiger partial charge in [-0.15, -0.1) is 0 Å². The van der Waals surface area contributed by atoms with Gasteiger partial charge in [0.25, 0.3) is 0 Å². The molecule has 1 heterocycles. The van der Waals surface area contributed by atoms with Crippen molar-refractivity contribution in [1.29, 1.82) is 0 Å². The monoisotopic (exact) mass is 291 g/mol. The van der Waals surface area contributed by atoms with Crippen molar-refractivity contribution in [2.24, 2.45) is 0 Å². The summed E-state index contributed by atoms with van der Waals surface area (Å²) in [7, 11) is 0. The lowest BCUT2D eigenvalue weighted by molar-refractivity contribution is -0.142. The second-order valence-corrected chi connectivity index (χ2v) is 6.25. The zero-order chi connectivity index (χ0) is 15.6. The number of ether oxygens (including phenoxy) is 1. The molecule has 5 nitrogen and oxygen atoms in total. The molecule has 21 heavy (non-hydrogen) atoms. The maximum atomic E-state index is 12.4. The first-order valence-electron chi connectivity index (χ1n) is 7.08. The molecule has 114 valence electrons. The van der Waals surface area contributed by atoms with E-state index in [2.05, 4.69) is 0 Å². The normalized spacial score (nSPS) is 22.1. The predicted octanol–water partition coefficient (Wildman–Crippen LogP) is 3.21. The molecule has 0 bridgehead atoms. The Morgan fingerprint density at radius 3 is 2.33 bits per heavy atom. The Kier molecular flexibility index (Phi) is 4.21. The van der Waals surface area contributed by atoms with E-state index < -0.39 is 23.7 Å². The summed E-state index contributed by atoms with van der Waals surface area (Å²) in [6.45, 7) is 5.32. The van der Waals surface area contributed by atoms with Crippen molar-refractivity contribution in [3.05, 3.63) is 35.9 Å². The van der Waals surface area contributed by atoms with Gasteiger partial charge in [-0.2, -0.15) is 0 Å². The summed E-state index contributed by atoms with van der Waals surface area (Å²) < 4.78 is 5.38. The van der Waals surface area contributed by atoms with Gasteiger partial charge in [0.05, 0.1) is 6.04 Å². The van der Waals surface area contributed by atoms with E-state index in [0.717, 1.165) is 5.56 Å². The van der Waals surface area contributed by atoms with Gasteiger partial charge in [-0.25, -0.2) is 9.59 Å². The Morgan fingerprint density at radius 2 is 1.81 bits per heavy atom. The lowest BCUT2D eigenvalue weighted by Gasteiger charge is -2.31. The van der Waals surface area contributed by atoms with Crippen molar-refractivity contribution in [2.75, 3.05) is 0 Å². The lowest BCUT2D eigenvalue weighted by atomic mass is 10.1. The fourth-order valence-corrected chi connectivity index (χ4v) is 2.63. The molecule has 1 aromatic rings. The van der Waals surface area contributed by atoms with Crippen LogP contribution < -0.4 is 0 Å². The number of nitrogens with zero attached hydrogens (tertiary/aromatic N) is 1. The van der Waals surface area contributed by atoms with Crippen molar-refractivity contribution < 1.29 is 19.4 Å². The highest BCUT2D eigenvalue weighted by Crippen LogP contribution is 2.37. The number of likely N-dealkylation sites (tertiary alicyclic amines) is 1. The number of hydrogen-bond donors (Lipinski definition) is 1. The van der Waals surface area contributed by atoms with Crippen molar-refractivity contribution in [3.8, 4) is 0 Å². The summed E-state index contributed by atoms with van der Waals surface area (Å²) in [6, 6.07) is 8.41. The van der Waals surface area contributed by atoms with Crippen LogP contribution in [0, 0.1) is 0 Å². The Balaban J connectivity index is 2.29. The standard InChI is InChI=1S/C16H21NO4/c1-16(2,3)21-15(20)17-12(9-10-13(17)14(18)19)11-7-5-4-6-8-11/h4-8,12-13H,9-10H2,1-3H3,(H,18,19)/t12-,13+/m0/s1. The van der Waals surface area contributed by atoms with Crippen LogP contribution >= 0.6 is 0 Å². The number of benzene rings is 1. The van der Waals surface area contributed by atoms with Crippen molar-refractivity contribution >= 4 is 12.1 Å². The average molecular weight is 291 g/mol. The molecule has 0 aliphatic carbocycles. The van der Waals surface area contributed by atoms with Crippen LogP contribution in [0.1, 0.15) is 45.2 Å². The smallest absolute Gasteiger partial charge is 0.411 e. The van der Waals surface area contributed by atoms with Gasteiger partial charge in [0.15, 0.2) is 0 Å². The maximum Gasteiger partial charge on any atom is 0.411 e. The zero-order valence-corrected chi connectivity index (χ0v) is 12.6. The highest BCUT2D eigenvalue weighted by molar-refractivity contribution is 5.81. The first-order chi connectivity index (χ1) is 9.79. The van der Waals surface area contributed by atoms with Gasteiger partial charge in [0.2, 0.25) is 0 Å². The Labute approximate surface area is 124 Å². The summed E-state index contributed by atoms with van der Waals surface area (Å²) >= 11 is 0. The van der Waals surface area contributed by atoms with E-state index in [1.54, 1.807) is 20.8 Å². The van der Waals surface area contributed by atoms with E-state index in [4.69, 9.17) is 4.74 Å². The number of aliphatic carboxylic acids is 1.